The Kier molecular flexibility index (Phi) is 5.00. The van der Waals surface area contributed by atoms with Crippen LogP contribution in [0, 0.1) is 13.8 Å². The molecular weight excluding hydrogens is 254 g/mol. The average Bonchev–Trinajstić information content (AvgIpc) is 2.76. The molecule has 0 bridgehead atoms. The minimum atomic E-state index is 0.652. The van der Waals surface area contributed by atoms with E-state index in [-0.39, 0.29) is 0 Å². The highest BCUT2D eigenvalue weighted by atomic mass is 32.1. The molecule has 0 atom stereocenters. The van der Waals surface area contributed by atoms with Crippen LogP contribution in [0.3, 0.4) is 0 Å². The predicted octanol–water partition coefficient (Wildman–Crippen LogP) is 4.05. The zero-order valence-corrected chi connectivity index (χ0v) is 12.6. The SMILES string of the molecule is CCNCc1cc(COc2ccccc2C)c(C)s1. The molecule has 2 nitrogen and oxygen atoms in total. The second kappa shape index (κ2) is 6.73. The average molecular weight is 275 g/mol. The van der Waals surface area contributed by atoms with Gasteiger partial charge in [0.25, 0.3) is 0 Å². The van der Waals surface area contributed by atoms with E-state index in [9.17, 15) is 0 Å². The molecule has 1 aromatic carbocycles. The molecule has 3 heteroatoms. The zero-order chi connectivity index (χ0) is 13.7. The Labute approximate surface area is 119 Å². The van der Waals surface area contributed by atoms with Gasteiger partial charge in [0.15, 0.2) is 0 Å². The van der Waals surface area contributed by atoms with Gasteiger partial charge >= 0.3 is 0 Å². The van der Waals surface area contributed by atoms with E-state index in [2.05, 4.69) is 38.2 Å². The maximum atomic E-state index is 5.91. The van der Waals surface area contributed by atoms with Crippen LogP contribution in [0.25, 0.3) is 0 Å². The lowest BCUT2D eigenvalue weighted by Gasteiger charge is -2.08. The number of hydrogen-bond acceptors (Lipinski definition) is 3. The van der Waals surface area contributed by atoms with Gasteiger partial charge in [-0.25, -0.2) is 0 Å². The first-order chi connectivity index (χ1) is 9.20. The van der Waals surface area contributed by atoms with E-state index in [4.69, 9.17) is 4.74 Å². The quantitative estimate of drug-likeness (QED) is 0.858. The number of thiophene rings is 1. The Hall–Kier alpha value is -1.32. The maximum absolute atomic E-state index is 5.91. The summed E-state index contributed by atoms with van der Waals surface area (Å²) in [4.78, 5) is 2.73. The molecule has 2 rings (SSSR count). The summed E-state index contributed by atoms with van der Waals surface area (Å²) in [6, 6.07) is 10.4. The minimum Gasteiger partial charge on any atom is -0.489 e. The lowest BCUT2D eigenvalue weighted by Crippen LogP contribution is -2.10. The van der Waals surface area contributed by atoms with E-state index in [1.165, 1.54) is 20.9 Å². The van der Waals surface area contributed by atoms with Crippen molar-refractivity contribution in [3.05, 3.63) is 51.2 Å². The summed E-state index contributed by atoms with van der Waals surface area (Å²) < 4.78 is 5.91. The van der Waals surface area contributed by atoms with Crippen LogP contribution in [-0.4, -0.2) is 6.54 Å². The molecule has 0 unspecified atom stereocenters. The molecule has 0 aliphatic carbocycles. The number of hydrogen-bond donors (Lipinski definition) is 1. The molecule has 0 aliphatic heterocycles. The number of aryl methyl sites for hydroxylation is 2. The maximum Gasteiger partial charge on any atom is 0.122 e. The number of ether oxygens (including phenoxy) is 1. The number of benzene rings is 1. The van der Waals surface area contributed by atoms with Gasteiger partial charge in [0, 0.05) is 21.9 Å². The van der Waals surface area contributed by atoms with Crippen molar-refractivity contribution >= 4 is 11.3 Å². The lowest BCUT2D eigenvalue weighted by atomic mass is 10.2. The Bertz CT molecular complexity index is 533. The first-order valence-corrected chi connectivity index (χ1v) is 7.49. The second-order valence-corrected chi connectivity index (χ2v) is 5.97. The van der Waals surface area contributed by atoms with Crippen molar-refractivity contribution in [2.75, 3.05) is 6.54 Å². The van der Waals surface area contributed by atoms with Crippen molar-refractivity contribution in [3.63, 3.8) is 0 Å². The smallest absolute Gasteiger partial charge is 0.122 e. The summed E-state index contributed by atoms with van der Waals surface area (Å²) in [5, 5.41) is 3.36. The Morgan fingerprint density at radius 3 is 2.74 bits per heavy atom. The first kappa shape index (κ1) is 14.1. The molecule has 0 saturated heterocycles. The fourth-order valence-electron chi connectivity index (χ4n) is 1.94. The lowest BCUT2D eigenvalue weighted by molar-refractivity contribution is 0.304. The van der Waals surface area contributed by atoms with Crippen molar-refractivity contribution in [2.24, 2.45) is 0 Å². The van der Waals surface area contributed by atoms with Gasteiger partial charge in [-0.15, -0.1) is 11.3 Å². The predicted molar refractivity (Wildman–Crippen MR) is 81.9 cm³/mol. The highest BCUT2D eigenvalue weighted by Gasteiger charge is 2.06. The molecule has 0 fully saturated rings. The van der Waals surface area contributed by atoms with Gasteiger partial charge in [-0.3, -0.25) is 0 Å². The summed E-state index contributed by atoms with van der Waals surface area (Å²) in [6.45, 7) is 8.98. The largest absolute Gasteiger partial charge is 0.489 e. The molecule has 1 heterocycles. The highest BCUT2D eigenvalue weighted by Crippen LogP contribution is 2.24. The van der Waals surface area contributed by atoms with E-state index < -0.39 is 0 Å². The van der Waals surface area contributed by atoms with Gasteiger partial charge < -0.3 is 10.1 Å². The van der Waals surface area contributed by atoms with Crippen LogP contribution in [-0.2, 0) is 13.2 Å². The Balaban J connectivity index is 1.99. The molecule has 102 valence electrons. The van der Waals surface area contributed by atoms with Crippen molar-refractivity contribution in [1.82, 2.24) is 5.32 Å². The third kappa shape index (κ3) is 3.82. The van der Waals surface area contributed by atoms with E-state index in [0.29, 0.717) is 6.61 Å². The van der Waals surface area contributed by atoms with Gasteiger partial charge in [-0.2, -0.15) is 0 Å². The van der Waals surface area contributed by atoms with Crippen LogP contribution in [0.15, 0.2) is 30.3 Å². The number of para-hydroxylation sites is 1. The first-order valence-electron chi connectivity index (χ1n) is 6.68. The molecule has 19 heavy (non-hydrogen) atoms. The normalized spacial score (nSPS) is 10.7. The zero-order valence-electron chi connectivity index (χ0n) is 11.8. The van der Waals surface area contributed by atoms with Crippen molar-refractivity contribution in [3.8, 4) is 5.75 Å². The van der Waals surface area contributed by atoms with Gasteiger partial charge in [0.05, 0.1) is 0 Å². The molecule has 1 aromatic heterocycles. The summed E-state index contributed by atoms with van der Waals surface area (Å²) >= 11 is 1.85. The molecule has 0 aliphatic rings. The summed E-state index contributed by atoms with van der Waals surface area (Å²) in [5.74, 6) is 0.973. The summed E-state index contributed by atoms with van der Waals surface area (Å²) in [7, 11) is 0. The fourth-order valence-corrected chi connectivity index (χ4v) is 2.96. The van der Waals surface area contributed by atoms with Crippen LogP contribution in [0.5, 0.6) is 5.75 Å². The molecule has 0 radical (unpaired) electrons. The molecule has 0 amide bonds. The van der Waals surface area contributed by atoms with Gasteiger partial charge in [-0.1, -0.05) is 25.1 Å². The second-order valence-electron chi connectivity index (χ2n) is 4.63. The van der Waals surface area contributed by atoms with Crippen molar-refractivity contribution in [2.45, 2.75) is 33.9 Å². The third-order valence-corrected chi connectivity index (χ3v) is 4.19. The van der Waals surface area contributed by atoms with Crippen LogP contribution in [0.1, 0.15) is 27.8 Å². The van der Waals surface area contributed by atoms with Crippen LogP contribution < -0.4 is 10.1 Å². The van der Waals surface area contributed by atoms with Crippen molar-refractivity contribution in [1.29, 1.82) is 0 Å². The molecule has 2 aromatic rings. The van der Waals surface area contributed by atoms with E-state index in [1.54, 1.807) is 0 Å². The highest BCUT2D eigenvalue weighted by molar-refractivity contribution is 7.12. The standard InChI is InChI=1S/C16H21NOS/c1-4-17-10-15-9-14(13(3)19-15)11-18-16-8-6-5-7-12(16)2/h5-9,17H,4,10-11H2,1-3H3. The van der Waals surface area contributed by atoms with E-state index >= 15 is 0 Å². The molecule has 0 spiro atoms. The van der Waals surface area contributed by atoms with E-state index in [1.807, 2.05) is 29.5 Å². The molecular formula is C16H21NOS. The number of rotatable bonds is 6. The van der Waals surface area contributed by atoms with Crippen molar-refractivity contribution < 1.29 is 4.74 Å². The van der Waals surface area contributed by atoms with Crippen LogP contribution in [0.4, 0.5) is 0 Å². The van der Waals surface area contributed by atoms with E-state index in [0.717, 1.165) is 18.8 Å². The van der Waals surface area contributed by atoms with Gasteiger partial charge in [0.1, 0.15) is 12.4 Å². The van der Waals surface area contributed by atoms with Gasteiger partial charge in [0.2, 0.25) is 0 Å². The fraction of sp³-hybridized carbons (Fsp3) is 0.375. The topological polar surface area (TPSA) is 21.3 Å². The van der Waals surface area contributed by atoms with Gasteiger partial charge in [-0.05, 0) is 38.1 Å². The van der Waals surface area contributed by atoms with Crippen LogP contribution >= 0.6 is 11.3 Å². The molecule has 1 N–H and O–H groups in total. The third-order valence-electron chi connectivity index (χ3n) is 3.10. The van der Waals surface area contributed by atoms with Crippen LogP contribution in [0.2, 0.25) is 0 Å². The minimum absolute atomic E-state index is 0.652. The Morgan fingerprint density at radius 2 is 2.00 bits per heavy atom. The number of nitrogens with one attached hydrogen (secondary N) is 1. The Morgan fingerprint density at radius 1 is 1.21 bits per heavy atom. The summed E-state index contributed by atoms with van der Waals surface area (Å²) in [5.41, 5.74) is 2.48. The summed E-state index contributed by atoms with van der Waals surface area (Å²) in [6.07, 6.45) is 0. The molecule has 0 saturated carbocycles. The monoisotopic (exact) mass is 275 g/mol.